The number of ketones is 6. The van der Waals surface area contributed by atoms with E-state index in [0.29, 0.717) is 0 Å². The fourth-order valence-corrected chi connectivity index (χ4v) is 14.5. The molecule has 0 radical (unpaired) electrons. The molecule has 4 aliphatic carbocycles. The van der Waals surface area contributed by atoms with Gasteiger partial charge in [-0.3, -0.25) is 33.7 Å². The van der Waals surface area contributed by atoms with Crippen molar-refractivity contribution in [3.05, 3.63) is 147 Å². The maximum atomic E-state index is 14.0. The van der Waals surface area contributed by atoms with Gasteiger partial charge >= 0.3 is 24.1 Å². The monoisotopic (exact) mass is 1460 g/mol. The maximum Gasteiger partial charge on any atom is 0.434 e. The molecule has 1 unspecified atom stereocenters. The number of phenols is 4. The number of aliphatic hydroxyl groups is 3. The van der Waals surface area contributed by atoms with Crippen molar-refractivity contribution in [2.75, 3.05) is 27.7 Å². The molecule has 13 rings (SSSR count). The smallest absolute Gasteiger partial charge is 0.434 e. The number of amides is 2. The molecule has 7 aliphatic rings. The fourth-order valence-electron chi connectivity index (χ4n) is 14.5. The number of aromatic nitrogens is 4. The Hall–Kier alpha value is -10.9. The van der Waals surface area contributed by atoms with Gasteiger partial charge in [0.25, 0.3) is 0 Å². The van der Waals surface area contributed by atoms with Gasteiger partial charge in [-0.2, -0.15) is 0 Å². The zero-order chi connectivity index (χ0) is 75.9. The number of fused-ring (bicyclic) bond motifs is 7. The molecule has 4 aromatic carbocycles. The van der Waals surface area contributed by atoms with Crippen LogP contribution in [0.4, 0.5) is 21.5 Å². The summed E-state index contributed by atoms with van der Waals surface area (Å²) in [5, 5.41) is 105. The lowest BCUT2D eigenvalue weighted by Gasteiger charge is -2.44. The first-order valence-corrected chi connectivity index (χ1v) is 32.6. The van der Waals surface area contributed by atoms with Crippen LogP contribution in [0, 0.1) is 20.2 Å². The number of benzene rings is 4. The van der Waals surface area contributed by atoms with Crippen molar-refractivity contribution in [3.63, 3.8) is 0 Å². The number of rotatable bonds is 15. The third-order valence-corrected chi connectivity index (χ3v) is 20.1. The van der Waals surface area contributed by atoms with Crippen LogP contribution in [0.5, 0.6) is 34.5 Å². The molecule has 12 atom stereocenters. The minimum absolute atomic E-state index is 0.0636. The highest BCUT2D eigenvalue weighted by atomic mass is 16.7. The van der Waals surface area contributed by atoms with E-state index < -0.39 is 212 Å². The number of carbonyl (C=O) groups is 8. The van der Waals surface area contributed by atoms with Crippen molar-refractivity contribution in [1.82, 2.24) is 29.3 Å². The third-order valence-electron chi connectivity index (χ3n) is 20.1. The second-order valence-corrected chi connectivity index (χ2v) is 26.2. The predicted octanol–water partition coefficient (Wildman–Crippen LogP) is 3.96. The van der Waals surface area contributed by atoms with E-state index in [1.54, 1.807) is 6.92 Å². The third kappa shape index (κ3) is 13.0. The van der Waals surface area contributed by atoms with Crippen LogP contribution in [0.15, 0.2) is 48.8 Å². The SMILES string of the molecule is COc1cccc2c1C(=O)c1c(O)c3c(c(O)c1C2=O)C[C@@](O)(C(C)=O)C[C@@H]3O[C@H]1CC2[C@H](OCOCN2C(=O)OCc2cnc([N+](=O)[O-])n2C)[C@H](C)O1.COc1cccc2c1C(=O)c1c(O)c3c(c(O)c1C2=O)C[C@@](O)(C(C)=O)C[C@@H]3O[C@H]1C[C@H](NC(=O)OCc2cnc([N+](=O)[O-])n2C)[C@H](O)[C@H](C)O1. The summed E-state index contributed by atoms with van der Waals surface area (Å²) >= 11 is 0. The Labute approximate surface area is 592 Å². The minimum Gasteiger partial charge on any atom is -0.507 e. The number of Topliss-reactive ketones (excluding diaryl/α,β-unsaturated/α-hetero) is 2. The molecule has 3 aliphatic heterocycles. The van der Waals surface area contributed by atoms with E-state index in [0.717, 1.165) is 18.4 Å². The van der Waals surface area contributed by atoms with Crippen molar-refractivity contribution in [3.8, 4) is 34.5 Å². The number of hydrogen-bond acceptors (Lipinski definition) is 31. The van der Waals surface area contributed by atoms with Crippen LogP contribution in [0.2, 0.25) is 0 Å². The van der Waals surface area contributed by atoms with Crippen LogP contribution in [0.1, 0.15) is 163 Å². The Morgan fingerprint density at radius 1 is 0.648 bits per heavy atom. The number of methoxy groups -OCH3 is 2. The van der Waals surface area contributed by atoms with Crippen molar-refractivity contribution in [2.24, 2.45) is 14.1 Å². The molecule has 5 heterocycles. The summed E-state index contributed by atoms with van der Waals surface area (Å²) in [7, 11) is 5.40. The molecule has 8 N–H and O–H groups in total. The van der Waals surface area contributed by atoms with Crippen molar-refractivity contribution in [2.45, 2.75) is 152 Å². The summed E-state index contributed by atoms with van der Waals surface area (Å²) in [5.41, 5.74) is -6.80. The summed E-state index contributed by atoms with van der Waals surface area (Å²) < 4.78 is 59.6. The molecule has 0 spiro atoms. The molecule has 2 aromatic heterocycles. The molecule has 3 saturated heterocycles. The standard InChI is InChI=1S/C35H36N4O15.C33H34N4O14/c1-15-32-20(38(13-50-14-52-32)34(45)51-12-17-11-36-33(37(17)3)39(47)48)8-23(53-15)54-22-10-35(46,16(2)40)9-19-25(22)31(44)27-26(29(19)42)28(41)18-6-5-7-21(49-4)24(18)30(27)43;1-13-26(39)18(35-32(44)49-12-15-11-34-31(36(15)3)37(46)47)8-21(50-13)51-20-10-33(45,14(2)38)9-17-23(20)30(43)25-24(28(17)41)27(40)16-6-5-7-19(48-4)22(16)29(25)42/h5-7,11,15,20,22-23,32,42,44,46H,8-10,12-14H2,1-4H3;5-7,11,13,18,20-21,26,39,41,43,45H,8-10,12H2,1-4H3,(H,35,44)/t15-,20?,22-,23-,32+,35-;13-,18-,20-,21-,26+,33-/m00/s1. The number of carbonyl (C=O) groups excluding carboxylic acids is 8. The zero-order valence-corrected chi connectivity index (χ0v) is 57.2. The normalized spacial score (nSPS) is 25.8. The molecule has 556 valence electrons. The second-order valence-electron chi connectivity index (χ2n) is 26.2. The number of nitrogens with zero attached hydrogens (tertiary/aromatic N) is 7. The Balaban J connectivity index is 0.000000198. The highest BCUT2D eigenvalue weighted by Crippen LogP contribution is 2.55. The Morgan fingerprint density at radius 3 is 1.54 bits per heavy atom. The van der Waals surface area contributed by atoms with Crippen molar-refractivity contribution >= 4 is 58.8 Å². The minimum atomic E-state index is -2.14. The van der Waals surface area contributed by atoms with E-state index in [9.17, 15) is 94.3 Å². The Morgan fingerprint density at radius 2 is 1.10 bits per heavy atom. The first-order valence-electron chi connectivity index (χ1n) is 32.6. The number of nitrogens with one attached hydrogen (secondary N) is 1. The van der Waals surface area contributed by atoms with Gasteiger partial charge in [0.05, 0.1) is 98.2 Å². The second kappa shape index (κ2) is 28.3. The number of aromatic hydroxyl groups is 4. The number of aliphatic hydroxyl groups excluding tert-OH is 1. The lowest BCUT2D eigenvalue weighted by molar-refractivity contribution is -0.396. The van der Waals surface area contributed by atoms with E-state index in [-0.39, 0.29) is 107 Å². The maximum absolute atomic E-state index is 14.0. The molecule has 6 aromatic rings. The molecule has 0 saturated carbocycles. The number of nitro groups is 2. The van der Waals surface area contributed by atoms with Gasteiger partial charge in [-0.15, -0.1) is 0 Å². The average Bonchev–Trinajstić information content (AvgIpc) is 1.71. The van der Waals surface area contributed by atoms with Gasteiger partial charge in [0.2, 0.25) is 11.6 Å². The average molecular weight is 1460 g/mol. The van der Waals surface area contributed by atoms with E-state index in [2.05, 4.69) is 15.3 Å². The van der Waals surface area contributed by atoms with Crippen molar-refractivity contribution < 1.29 is 131 Å². The molecular formula is C68H70N8O29. The number of hydrogen-bond donors (Lipinski definition) is 8. The Bertz CT molecular complexity index is 4660. The first kappa shape index (κ1) is 73.8. The van der Waals surface area contributed by atoms with Gasteiger partial charge < -0.3 is 109 Å². The number of alkyl carbamates (subject to hydrolysis) is 1. The summed E-state index contributed by atoms with van der Waals surface area (Å²) in [6.45, 7) is 4.21. The van der Waals surface area contributed by atoms with E-state index in [4.69, 9.17) is 47.4 Å². The summed E-state index contributed by atoms with van der Waals surface area (Å²) in [6.07, 6.45) is -10.7. The molecule has 0 bridgehead atoms. The van der Waals surface area contributed by atoms with Gasteiger partial charge in [-0.05, 0) is 49.7 Å². The van der Waals surface area contributed by atoms with Gasteiger partial charge in [-0.1, -0.05) is 34.2 Å². The number of imidazole rings is 2. The number of phenolic OH excluding ortho intramolecular Hbond substituents is 4. The summed E-state index contributed by atoms with van der Waals surface area (Å²) in [4.78, 5) is 137. The highest BCUT2D eigenvalue weighted by molar-refractivity contribution is 6.32. The van der Waals surface area contributed by atoms with E-state index in [1.807, 2.05) is 0 Å². The van der Waals surface area contributed by atoms with Gasteiger partial charge in [0, 0.05) is 71.9 Å². The van der Waals surface area contributed by atoms with Gasteiger partial charge in [0.15, 0.2) is 60.3 Å². The molecular weight excluding hydrogens is 1390 g/mol. The Kier molecular flexibility index (Phi) is 19.9. The van der Waals surface area contributed by atoms with Crippen molar-refractivity contribution in [1.29, 1.82) is 0 Å². The summed E-state index contributed by atoms with van der Waals surface area (Å²) in [5.74, 6) is -8.12. The predicted molar refractivity (Wildman–Crippen MR) is 347 cm³/mol. The topological polar surface area (TPSA) is 508 Å². The molecule has 2 amide bonds. The lowest BCUT2D eigenvalue weighted by Crippen LogP contribution is -2.57. The van der Waals surface area contributed by atoms with Crippen LogP contribution in [-0.2, 0) is 87.6 Å². The van der Waals surface area contributed by atoms with Crippen LogP contribution < -0.4 is 14.8 Å². The lowest BCUT2D eigenvalue weighted by atomic mass is 9.72. The summed E-state index contributed by atoms with van der Waals surface area (Å²) in [6, 6.07) is 6.83. The van der Waals surface area contributed by atoms with Crippen LogP contribution >= 0.6 is 0 Å². The number of ether oxygens (including phenoxy) is 10. The first-order chi connectivity index (χ1) is 49.7. The van der Waals surface area contributed by atoms with Crippen LogP contribution in [0.3, 0.4) is 0 Å². The van der Waals surface area contributed by atoms with Gasteiger partial charge in [0.1, 0.15) is 83.8 Å². The molecule has 105 heavy (non-hydrogen) atoms. The fraction of sp³-hybridized carbons (Fsp3) is 0.441. The van der Waals surface area contributed by atoms with Gasteiger partial charge in [-0.25, -0.2) is 18.7 Å². The zero-order valence-electron chi connectivity index (χ0n) is 57.2. The molecule has 37 nitrogen and oxygen atoms in total. The van der Waals surface area contributed by atoms with Crippen LogP contribution in [-0.4, -0.2) is 205 Å². The highest BCUT2D eigenvalue weighted by Gasteiger charge is 2.53. The largest absolute Gasteiger partial charge is 0.507 e. The van der Waals surface area contributed by atoms with E-state index >= 15 is 0 Å². The van der Waals surface area contributed by atoms with Crippen LogP contribution in [0.25, 0.3) is 0 Å². The van der Waals surface area contributed by atoms with E-state index in [1.165, 1.54) is 93.5 Å². The molecule has 3 fully saturated rings. The molecule has 37 heteroatoms. The quantitative estimate of drug-likeness (QED) is 0.0409.